The Morgan fingerprint density at radius 3 is 2.62 bits per heavy atom. The van der Waals surface area contributed by atoms with Crippen molar-refractivity contribution in [2.75, 3.05) is 38.7 Å². The third kappa shape index (κ3) is 4.94. The van der Waals surface area contributed by atoms with Gasteiger partial charge >= 0.3 is 0 Å². The molecule has 0 spiro atoms. The highest BCUT2D eigenvalue weighted by Crippen LogP contribution is 2.34. The van der Waals surface area contributed by atoms with Gasteiger partial charge in [0.2, 0.25) is 0 Å². The van der Waals surface area contributed by atoms with Crippen LogP contribution in [-0.4, -0.2) is 54.5 Å². The Bertz CT molecular complexity index is 1140. The van der Waals surface area contributed by atoms with E-state index in [1.807, 2.05) is 0 Å². The van der Waals surface area contributed by atoms with Crippen molar-refractivity contribution in [2.24, 2.45) is 5.92 Å². The van der Waals surface area contributed by atoms with Crippen LogP contribution in [0, 0.1) is 23.4 Å². The first kappa shape index (κ1) is 22.3. The zero-order chi connectivity index (χ0) is 22.7. The predicted molar refractivity (Wildman–Crippen MR) is 116 cm³/mol. The van der Waals surface area contributed by atoms with Crippen LogP contribution in [0.4, 0.5) is 18.9 Å². The summed E-state index contributed by atoms with van der Waals surface area (Å²) in [5.41, 5.74) is 1.19. The molecule has 1 saturated heterocycles. The molecule has 0 bridgehead atoms. The molecule has 170 valence electrons. The summed E-state index contributed by atoms with van der Waals surface area (Å²) in [6.07, 6.45) is 1.84. The van der Waals surface area contributed by atoms with Crippen molar-refractivity contribution in [2.45, 2.75) is 18.9 Å². The van der Waals surface area contributed by atoms with E-state index in [-0.39, 0.29) is 11.6 Å². The van der Waals surface area contributed by atoms with Crippen molar-refractivity contribution < 1.29 is 17.9 Å². The Morgan fingerprint density at radius 1 is 1.16 bits per heavy atom. The van der Waals surface area contributed by atoms with Gasteiger partial charge in [-0.15, -0.1) is 0 Å². The van der Waals surface area contributed by atoms with Crippen LogP contribution >= 0.6 is 0 Å². The molecular weight excluding hydrogens is 421 g/mol. The molecule has 3 aromatic rings. The summed E-state index contributed by atoms with van der Waals surface area (Å²) in [4.78, 5) is 14.3. The number of nitrogens with zero attached hydrogens (tertiary/aromatic N) is 2. The highest BCUT2D eigenvalue weighted by atomic mass is 19.1. The number of hydrogen-bond donors (Lipinski definition) is 2. The Balaban J connectivity index is 0.000000260. The number of halogens is 3. The maximum atomic E-state index is 13.9. The minimum absolute atomic E-state index is 0.202. The molecule has 32 heavy (non-hydrogen) atoms. The molecule has 2 aliphatic heterocycles. The molecule has 0 saturated carbocycles. The summed E-state index contributed by atoms with van der Waals surface area (Å²) in [5, 5.41) is 11.3. The molecule has 2 unspecified atom stereocenters. The largest absolute Gasteiger partial charge is 0.383 e. The third-order valence-corrected chi connectivity index (χ3v) is 5.96. The minimum atomic E-state index is -0.537. The van der Waals surface area contributed by atoms with Gasteiger partial charge in [0.25, 0.3) is 5.56 Å². The number of nitrogens with one attached hydrogen (secondary N) is 2. The number of hydrogen-bond acceptors (Lipinski definition) is 5. The molecule has 9 heteroatoms. The molecule has 2 aromatic carbocycles. The molecule has 1 fully saturated rings. The Morgan fingerprint density at radius 2 is 1.94 bits per heavy atom. The highest BCUT2D eigenvalue weighted by Gasteiger charge is 2.33. The average molecular weight is 446 g/mol. The first-order valence-corrected chi connectivity index (χ1v) is 10.5. The summed E-state index contributed by atoms with van der Waals surface area (Å²) >= 11 is 0. The minimum Gasteiger partial charge on any atom is -0.383 e. The molecule has 3 heterocycles. The number of ether oxygens (including phenoxy) is 1. The van der Waals surface area contributed by atoms with E-state index in [2.05, 4.69) is 20.4 Å². The lowest BCUT2D eigenvalue weighted by Crippen LogP contribution is -2.37. The summed E-state index contributed by atoms with van der Waals surface area (Å²) in [6, 6.07) is 7.51. The zero-order valence-electron chi connectivity index (χ0n) is 17.7. The van der Waals surface area contributed by atoms with Gasteiger partial charge in [-0.1, -0.05) is 6.07 Å². The van der Waals surface area contributed by atoms with Gasteiger partial charge in [-0.3, -0.25) is 4.79 Å². The second kappa shape index (κ2) is 9.70. The number of likely N-dealkylation sites (tertiary alicyclic amines) is 1. The summed E-state index contributed by atoms with van der Waals surface area (Å²) in [5.74, 6) is -1.00. The van der Waals surface area contributed by atoms with E-state index in [0.717, 1.165) is 56.2 Å². The second-order valence-electron chi connectivity index (χ2n) is 8.11. The zero-order valence-corrected chi connectivity index (χ0v) is 17.7. The molecule has 0 radical (unpaired) electrons. The van der Waals surface area contributed by atoms with E-state index in [1.54, 1.807) is 7.11 Å². The number of aromatic amines is 1. The summed E-state index contributed by atoms with van der Waals surface area (Å²) < 4.78 is 42.9. The quantitative estimate of drug-likeness (QED) is 0.644. The van der Waals surface area contributed by atoms with E-state index < -0.39 is 17.5 Å². The smallest absolute Gasteiger partial charge is 0.272 e. The van der Waals surface area contributed by atoms with Crippen LogP contribution in [0.1, 0.15) is 12.1 Å². The normalized spacial score (nSPS) is 20.0. The Hall–Kier alpha value is -2.91. The van der Waals surface area contributed by atoms with E-state index in [9.17, 15) is 18.0 Å². The standard InChI is InChI=1S/C17H21FN4O2.C6H4F2/c1-24-5-4-22-3-2-10(9-22)13-8-15-16-12(17(23)21-20-15)6-11(18)7-14(16)19-13;7-5-2-1-3-6(8)4-5/h6-7,10,13,19H,2-5,8-9H2,1H3,(H,21,23);1-4H. The van der Waals surface area contributed by atoms with Gasteiger partial charge in [-0.2, -0.15) is 5.10 Å². The van der Waals surface area contributed by atoms with Gasteiger partial charge in [0.05, 0.1) is 17.7 Å². The number of anilines is 1. The van der Waals surface area contributed by atoms with Crippen LogP contribution in [-0.2, 0) is 11.2 Å². The molecule has 0 amide bonds. The fraction of sp³-hybridized carbons (Fsp3) is 0.391. The number of methoxy groups -OCH3 is 1. The van der Waals surface area contributed by atoms with Crippen LogP contribution in [0.3, 0.4) is 0 Å². The predicted octanol–water partition coefficient (Wildman–Crippen LogP) is 3.33. The van der Waals surface area contributed by atoms with Crippen LogP contribution < -0.4 is 10.9 Å². The van der Waals surface area contributed by atoms with Crippen molar-refractivity contribution in [1.29, 1.82) is 0 Å². The maximum absolute atomic E-state index is 13.9. The Labute approximate surface area is 183 Å². The van der Waals surface area contributed by atoms with E-state index in [0.29, 0.717) is 17.0 Å². The highest BCUT2D eigenvalue weighted by molar-refractivity contribution is 5.96. The summed E-state index contributed by atoms with van der Waals surface area (Å²) in [6.45, 7) is 3.72. The van der Waals surface area contributed by atoms with Crippen molar-refractivity contribution in [3.8, 4) is 0 Å². The fourth-order valence-corrected chi connectivity index (χ4v) is 4.41. The number of benzene rings is 2. The van der Waals surface area contributed by atoms with Gasteiger partial charge in [0.1, 0.15) is 17.5 Å². The molecule has 2 N–H and O–H groups in total. The van der Waals surface area contributed by atoms with Crippen LogP contribution in [0.15, 0.2) is 41.2 Å². The number of H-pyrrole nitrogens is 1. The van der Waals surface area contributed by atoms with Gasteiger partial charge in [0.15, 0.2) is 0 Å². The molecule has 5 rings (SSSR count). The molecule has 2 atom stereocenters. The SMILES string of the molecule is COCCN1CCC(C2Cc3n[nH]c(=O)c4cc(F)cc(c34)N2)C1.Fc1cccc(F)c1. The van der Waals surface area contributed by atoms with E-state index in [4.69, 9.17) is 4.74 Å². The third-order valence-electron chi connectivity index (χ3n) is 5.96. The number of aromatic nitrogens is 2. The maximum Gasteiger partial charge on any atom is 0.272 e. The monoisotopic (exact) mass is 446 g/mol. The second-order valence-corrected chi connectivity index (χ2v) is 8.11. The van der Waals surface area contributed by atoms with Gasteiger partial charge < -0.3 is 15.0 Å². The first-order chi connectivity index (χ1) is 15.4. The molecule has 6 nitrogen and oxygen atoms in total. The fourth-order valence-electron chi connectivity index (χ4n) is 4.41. The van der Waals surface area contributed by atoms with E-state index >= 15 is 0 Å². The van der Waals surface area contributed by atoms with E-state index in [1.165, 1.54) is 30.3 Å². The van der Waals surface area contributed by atoms with Gasteiger partial charge in [-0.25, -0.2) is 18.3 Å². The topological polar surface area (TPSA) is 70.2 Å². The van der Waals surface area contributed by atoms with Crippen LogP contribution in [0.25, 0.3) is 10.8 Å². The lowest BCUT2D eigenvalue weighted by Gasteiger charge is -2.30. The van der Waals surface area contributed by atoms with Crippen LogP contribution in [0.2, 0.25) is 0 Å². The Kier molecular flexibility index (Phi) is 6.76. The average Bonchev–Trinajstić information content (AvgIpc) is 3.23. The van der Waals surface area contributed by atoms with Crippen molar-refractivity contribution in [1.82, 2.24) is 15.1 Å². The number of rotatable bonds is 4. The lowest BCUT2D eigenvalue weighted by molar-refractivity contribution is 0.158. The van der Waals surface area contributed by atoms with Gasteiger partial charge in [0, 0.05) is 49.8 Å². The van der Waals surface area contributed by atoms with Gasteiger partial charge in [-0.05, 0) is 43.1 Å². The molecule has 1 aromatic heterocycles. The van der Waals surface area contributed by atoms with Crippen LogP contribution in [0.5, 0.6) is 0 Å². The van der Waals surface area contributed by atoms with Crippen molar-refractivity contribution in [3.05, 3.63) is 69.9 Å². The van der Waals surface area contributed by atoms with Crippen molar-refractivity contribution >= 4 is 16.5 Å². The lowest BCUT2D eigenvalue weighted by atomic mass is 9.89. The first-order valence-electron chi connectivity index (χ1n) is 10.5. The molecule has 2 aliphatic rings. The molecular formula is C23H25F3N4O2. The molecule has 0 aliphatic carbocycles. The summed E-state index contributed by atoms with van der Waals surface area (Å²) in [7, 11) is 1.72. The van der Waals surface area contributed by atoms with Crippen molar-refractivity contribution in [3.63, 3.8) is 0 Å².